The molecule has 3 aromatic heterocycles. The summed E-state index contributed by atoms with van der Waals surface area (Å²) in [5, 5.41) is 8.98. The van der Waals surface area contributed by atoms with Crippen LogP contribution < -0.4 is 0 Å². The van der Waals surface area contributed by atoms with Crippen molar-refractivity contribution in [2.45, 2.75) is 13.8 Å². The molecule has 0 spiro atoms. The third-order valence-electron chi connectivity index (χ3n) is 3.20. The number of nitrogens with zero attached hydrogens (tertiary/aromatic N) is 5. The summed E-state index contributed by atoms with van der Waals surface area (Å²) in [6, 6.07) is 13.6. The monoisotopic (exact) mass is 417 g/mol. The van der Waals surface area contributed by atoms with Crippen molar-refractivity contribution in [3.05, 3.63) is 78.6 Å². The van der Waals surface area contributed by atoms with E-state index in [0.29, 0.717) is 0 Å². The molecule has 0 amide bonds. The van der Waals surface area contributed by atoms with Gasteiger partial charge in [-0.1, -0.05) is 6.07 Å². The molecule has 0 bridgehead atoms. The average molecular weight is 418 g/mol. The second-order valence-electron chi connectivity index (χ2n) is 4.96. The summed E-state index contributed by atoms with van der Waals surface area (Å²) in [7, 11) is 9.53. The van der Waals surface area contributed by atoms with Gasteiger partial charge in [0.15, 0.2) is 0 Å². The van der Waals surface area contributed by atoms with Crippen molar-refractivity contribution in [1.82, 2.24) is 14.3 Å². The quantitative estimate of drug-likeness (QED) is 0.451. The van der Waals surface area contributed by atoms with Gasteiger partial charge in [-0.2, -0.15) is 10.2 Å². The molecule has 0 saturated heterocycles. The van der Waals surface area contributed by atoms with E-state index in [1.165, 1.54) is 0 Å². The van der Waals surface area contributed by atoms with Crippen molar-refractivity contribution in [2.75, 3.05) is 0 Å². The van der Waals surface area contributed by atoms with E-state index >= 15 is 0 Å². The molecule has 0 aliphatic rings. The fourth-order valence-electron chi connectivity index (χ4n) is 2.07. The Hall–Kier alpha value is -1.85. The molecule has 5 nitrogen and oxygen atoms in total. The molecule has 0 unspecified atom stereocenters. The van der Waals surface area contributed by atoms with Crippen molar-refractivity contribution in [3.63, 3.8) is 0 Å². The average Bonchev–Trinajstić information content (AvgIpc) is 3.30. The molecule has 25 heavy (non-hydrogen) atoms. The second kappa shape index (κ2) is 10.2. The van der Waals surface area contributed by atoms with Crippen molar-refractivity contribution < 1.29 is 13.1 Å². The number of hydrogen-bond acceptors (Lipinski definition) is 3. The zero-order valence-corrected chi connectivity index (χ0v) is 16.3. The molecule has 0 fully saturated rings. The Labute approximate surface area is 161 Å². The van der Waals surface area contributed by atoms with Crippen LogP contribution in [0.5, 0.6) is 0 Å². The molecule has 0 aromatic carbocycles. The van der Waals surface area contributed by atoms with Gasteiger partial charge in [0.05, 0.1) is 22.8 Å². The van der Waals surface area contributed by atoms with Gasteiger partial charge in [0.25, 0.3) is 0 Å². The van der Waals surface area contributed by atoms with Crippen LogP contribution in [0.25, 0.3) is 0 Å². The van der Waals surface area contributed by atoms with Gasteiger partial charge in [-0.25, -0.2) is 14.3 Å². The first-order valence-corrected chi connectivity index (χ1v) is 10.4. The second-order valence-corrected chi connectivity index (χ2v) is 6.78. The fraction of sp³-hybridized carbons (Fsp3) is 0.118. The van der Waals surface area contributed by atoms with Crippen molar-refractivity contribution in [2.24, 2.45) is 10.2 Å². The number of hydrogen-bond donors (Lipinski definition) is 0. The maximum atomic E-state index is 4.76. The molecule has 0 aliphatic carbocycles. The summed E-state index contributed by atoms with van der Waals surface area (Å²) < 4.78 is 3.54. The topological polar surface area (TPSA) is 47.5 Å². The molecule has 0 radical (unpaired) electrons. The van der Waals surface area contributed by atoms with Gasteiger partial charge < -0.3 is 0 Å². The van der Waals surface area contributed by atoms with Crippen LogP contribution in [0, 0.1) is 0 Å². The van der Waals surface area contributed by atoms with E-state index in [1.807, 2.05) is 81.1 Å². The molecule has 3 aromatic rings. The SMILES string of the molecule is CC(=Nn1cccc1)c1cccc(C(C)=Nn2cccc2)n1.[Cl][Fe][Cl]. The fourth-order valence-corrected chi connectivity index (χ4v) is 2.07. The zero-order valence-electron chi connectivity index (χ0n) is 13.7. The van der Waals surface area contributed by atoms with Crippen LogP contribution in [0.15, 0.2) is 77.5 Å². The number of aromatic nitrogens is 3. The van der Waals surface area contributed by atoms with Crippen LogP contribution >= 0.6 is 20.2 Å². The molecule has 0 aliphatic heterocycles. The van der Waals surface area contributed by atoms with E-state index < -0.39 is 0 Å². The summed E-state index contributed by atoms with van der Waals surface area (Å²) in [6.07, 6.45) is 7.58. The van der Waals surface area contributed by atoms with Gasteiger partial charge in [0.2, 0.25) is 0 Å². The van der Waals surface area contributed by atoms with Crippen LogP contribution in [0.4, 0.5) is 0 Å². The molecule has 0 saturated carbocycles. The number of halogens is 2. The Kier molecular flexibility index (Phi) is 7.95. The van der Waals surface area contributed by atoms with Gasteiger partial charge in [0.1, 0.15) is 0 Å². The minimum atomic E-state index is 0.194. The molecular weight excluding hydrogens is 401 g/mol. The van der Waals surface area contributed by atoms with Crippen LogP contribution in [-0.4, -0.2) is 25.8 Å². The summed E-state index contributed by atoms with van der Waals surface area (Å²) in [6.45, 7) is 3.90. The van der Waals surface area contributed by atoms with E-state index in [-0.39, 0.29) is 13.1 Å². The third kappa shape index (κ3) is 6.18. The third-order valence-corrected chi connectivity index (χ3v) is 3.20. The van der Waals surface area contributed by atoms with Crippen LogP contribution in [0.3, 0.4) is 0 Å². The van der Waals surface area contributed by atoms with E-state index in [9.17, 15) is 0 Å². The summed E-state index contributed by atoms with van der Waals surface area (Å²) in [5.74, 6) is 0. The summed E-state index contributed by atoms with van der Waals surface area (Å²) in [5.41, 5.74) is 3.39. The first kappa shape index (κ1) is 19.5. The Balaban J connectivity index is 0.000000701. The van der Waals surface area contributed by atoms with E-state index in [1.54, 1.807) is 9.35 Å². The van der Waals surface area contributed by atoms with Gasteiger partial charge in [-0.15, -0.1) is 0 Å². The molecule has 0 atom stereocenters. The van der Waals surface area contributed by atoms with Crippen LogP contribution in [0.2, 0.25) is 0 Å². The van der Waals surface area contributed by atoms with Crippen molar-refractivity contribution in [3.8, 4) is 0 Å². The van der Waals surface area contributed by atoms with E-state index in [2.05, 4.69) is 15.2 Å². The molecular formula is C17H17Cl2FeN5. The standard InChI is InChI=1S/C17H17N5.2ClH.Fe/c1-14(19-21-10-3-4-11-21)16-8-7-9-17(18-16)15(2)20-22-12-5-6-13-22;;;/h3-13H,1-2H3;2*1H;/q;;;+2/p-2. The molecule has 132 valence electrons. The normalized spacial score (nSPS) is 12.0. The summed E-state index contributed by atoms with van der Waals surface area (Å²) in [4.78, 5) is 4.65. The number of pyridine rings is 1. The van der Waals surface area contributed by atoms with Gasteiger partial charge in [-0.3, -0.25) is 0 Å². The van der Waals surface area contributed by atoms with E-state index in [4.69, 9.17) is 20.2 Å². The van der Waals surface area contributed by atoms with Crippen LogP contribution in [0.1, 0.15) is 25.2 Å². The van der Waals surface area contributed by atoms with Gasteiger partial charge >= 0.3 is 33.3 Å². The molecule has 3 heterocycles. The Morgan fingerprint density at radius 3 is 1.52 bits per heavy atom. The Bertz CT molecular complexity index is 761. The molecule has 3 rings (SSSR count). The van der Waals surface area contributed by atoms with Crippen molar-refractivity contribution >= 4 is 31.6 Å². The maximum absolute atomic E-state index is 4.76. The Morgan fingerprint density at radius 1 is 0.800 bits per heavy atom. The predicted molar refractivity (Wildman–Crippen MR) is 100 cm³/mol. The summed E-state index contributed by atoms with van der Waals surface area (Å²) >= 11 is 0.194. The first-order chi connectivity index (χ1) is 12.1. The Morgan fingerprint density at radius 2 is 1.16 bits per heavy atom. The molecule has 0 N–H and O–H groups in total. The van der Waals surface area contributed by atoms with E-state index in [0.717, 1.165) is 22.8 Å². The first-order valence-electron chi connectivity index (χ1n) is 7.34. The van der Waals surface area contributed by atoms with Gasteiger partial charge in [0, 0.05) is 24.8 Å². The zero-order chi connectivity index (χ0) is 18.1. The number of rotatable bonds is 4. The predicted octanol–water partition coefficient (Wildman–Crippen LogP) is 4.61. The molecule has 8 heteroatoms. The minimum absolute atomic E-state index is 0.194. The van der Waals surface area contributed by atoms with Gasteiger partial charge in [-0.05, 0) is 50.2 Å². The van der Waals surface area contributed by atoms with Crippen LogP contribution in [-0.2, 0) is 13.1 Å². The van der Waals surface area contributed by atoms with Crippen molar-refractivity contribution in [1.29, 1.82) is 0 Å².